The SMILES string of the molecule is COC1(CNC(C)=O)CN(C(=O)c2ccc(F)c(F)c2Nc2ccc(I)cc2F)C1. The molecule has 0 aromatic heterocycles. The number of methoxy groups -OCH3 is 1. The molecule has 0 unspecified atom stereocenters. The average Bonchev–Trinajstić information content (AvgIpc) is 2.66. The molecule has 1 aliphatic heterocycles. The van der Waals surface area contributed by atoms with Crippen molar-refractivity contribution in [1.29, 1.82) is 0 Å². The molecule has 0 bridgehead atoms. The molecule has 30 heavy (non-hydrogen) atoms. The van der Waals surface area contributed by atoms with E-state index in [9.17, 15) is 22.8 Å². The number of amides is 2. The summed E-state index contributed by atoms with van der Waals surface area (Å²) in [5.41, 5.74) is -1.43. The van der Waals surface area contributed by atoms with E-state index >= 15 is 0 Å². The van der Waals surface area contributed by atoms with Crippen LogP contribution in [0.3, 0.4) is 0 Å². The van der Waals surface area contributed by atoms with Gasteiger partial charge in [0.15, 0.2) is 11.6 Å². The summed E-state index contributed by atoms with van der Waals surface area (Å²) in [6.07, 6.45) is 0. The lowest BCUT2D eigenvalue weighted by Crippen LogP contribution is -2.68. The minimum Gasteiger partial charge on any atom is -0.373 e. The predicted octanol–water partition coefficient (Wildman–Crippen LogP) is 3.43. The standard InChI is InChI=1S/C20H19F3IN3O3/c1-11(28)25-8-20(30-2)9-27(10-20)19(29)13-4-5-14(21)17(23)18(13)26-16-6-3-12(24)7-15(16)22/h3-7,26H,8-10H2,1-2H3,(H,25,28). The van der Waals surface area contributed by atoms with Crippen molar-refractivity contribution < 1.29 is 27.5 Å². The average molecular weight is 533 g/mol. The van der Waals surface area contributed by atoms with Crippen molar-refractivity contribution in [2.24, 2.45) is 0 Å². The number of nitrogens with one attached hydrogen (secondary N) is 2. The van der Waals surface area contributed by atoms with E-state index < -0.39 is 34.6 Å². The first kappa shape index (κ1) is 22.3. The summed E-state index contributed by atoms with van der Waals surface area (Å²) in [5, 5.41) is 5.15. The molecule has 6 nitrogen and oxygen atoms in total. The summed E-state index contributed by atoms with van der Waals surface area (Å²) in [4.78, 5) is 25.5. The monoisotopic (exact) mass is 533 g/mol. The summed E-state index contributed by atoms with van der Waals surface area (Å²) in [7, 11) is 1.47. The van der Waals surface area contributed by atoms with Gasteiger partial charge in [0.05, 0.1) is 36.6 Å². The maximum atomic E-state index is 14.5. The first-order valence-electron chi connectivity index (χ1n) is 8.95. The Hall–Kier alpha value is -2.34. The van der Waals surface area contributed by atoms with Gasteiger partial charge in [0.1, 0.15) is 11.4 Å². The molecule has 0 radical (unpaired) electrons. The van der Waals surface area contributed by atoms with Crippen LogP contribution in [0.4, 0.5) is 24.5 Å². The zero-order chi connectivity index (χ0) is 22.1. The highest BCUT2D eigenvalue weighted by Crippen LogP contribution is 2.32. The number of hydrogen-bond acceptors (Lipinski definition) is 4. The van der Waals surface area contributed by atoms with Crippen LogP contribution >= 0.6 is 22.6 Å². The van der Waals surface area contributed by atoms with Gasteiger partial charge in [-0.15, -0.1) is 0 Å². The van der Waals surface area contributed by atoms with Gasteiger partial charge in [-0.3, -0.25) is 9.59 Å². The zero-order valence-electron chi connectivity index (χ0n) is 16.2. The van der Waals surface area contributed by atoms with E-state index in [1.807, 2.05) is 22.6 Å². The number of anilines is 2. The Labute approximate surface area is 184 Å². The molecular formula is C20H19F3IN3O3. The molecule has 3 rings (SSSR count). The molecule has 160 valence electrons. The fourth-order valence-electron chi connectivity index (χ4n) is 3.14. The third-order valence-electron chi connectivity index (χ3n) is 4.85. The van der Waals surface area contributed by atoms with Crippen molar-refractivity contribution >= 4 is 45.8 Å². The number of halogens is 4. The minimum atomic E-state index is -1.28. The molecule has 0 atom stereocenters. The normalized spacial score (nSPS) is 14.8. The van der Waals surface area contributed by atoms with Gasteiger partial charge in [-0.1, -0.05) is 0 Å². The van der Waals surface area contributed by atoms with E-state index in [-0.39, 0.29) is 36.8 Å². The van der Waals surface area contributed by atoms with Gasteiger partial charge in [-0.05, 0) is 52.9 Å². The second-order valence-corrected chi connectivity index (χ2v) is 8.24. The quantitative estimate of drug-likeness (QED) is 0.559. The Morgan fingerprint density at radius 1 is 1.17 bits per heavy atom. The van der Waals surface area contributed by atoms with Crippen molar-refractivity contribution in [1.82, 2.24) is 10.2 Å². The number of likely N-dealkylation sites (tertiary alicyclic amines) is 1. The summed E-state index contributed by atoms with van der Waals surface area (Å²) in [6, 6.07) is 6.19. The molecule has 1 saturated heterocycles. The van der Waals surface area contributed by atoms with Crippen LogP contribution in [0.2, 0.25) is 0 Å². The van der Waals surface area contributed by atoms with E-state index in [0.29, 0.717) is 3.57 Å². The van der Waals surface area contributed by atoms with Crippen LogP contribution < -0.4 is 10.6 Å². The molecule has 1 fully saturated rings. The maximum absolute atomic E-state index is 14.5. The summed E-state index contributed by atoms with van der Waals surface area (Å²) >= 11 is 1.92. The molecule has 1 aliphatic rings. The lowest BCUT2D eigenvalue weighted by atomic mass is 9.92. The van der Waals surface area contributed by atoms with Crippen molar-refractivity contribution in [3.05, 3.63) is 56.9 Å². The molecule has 0 aliphatic carbocycles. The summed E-state index contributed by atoms with van der Waals surface area (Å²) in [5.74, 6) is -3.92. The maximum Gasteiger partial charge on any atom is 0.256 e. The fourth-order valence-corrected chi connectivity index (χ4v) is 3.59. The van der Waals surface area contributed by atoms with Crippen LogP contribution in [0.25, 0.3) is 0 Å². The number of benzene rings is 2. The number of carbonyl (C=O) groups is 2. The molecule has 2 aromatic carbocycles. The third-order valence-corrected chi connectivity index (χ3v) is 5.52. The lowest BCUT2D eigenvalue weighted by molar-refractivity contribution is -0.127. The van der Waals surface area contributed by atoms with E-state index in [1.165, 1.54) is 31.1 Å². The van der Waals surface area contributed by atoms with Gasteiger partial charge in [0.2, 0.25) is 5.91 Å². The molecule has 0 saturated carbocycles. The lowest BCUT2D eigenvalue weighted by Gasteiger charge is -2.49. The highest BCUT2D eigenvalue weighted by molar-refractivity contribution is 14.1. The van der Waals surface area contributed by atoms with Crippen LogP contribution in [0.5, 0.6) is 0 Å². The van der Waals surface area contributed by atoms with Gasteiger partial charge < -0.3 is 20.3 Å². The van der Waals surface area contributed by atoms with Crippen molar-refractivity contribution in [3.8, 4) is 0 Å². The number of hydrogen-bond donors (Lipinski definition) is 2. The van der Waals surface area contributed by atoms with Crippen molar-refractivity contribution in [3.63, 3.8) is 0 Å². The van der Waals surface area contributed by atoms with Crippen LogP contribution in [0, 0.1) is 21.0 Å². The zero-order valence-corrected chi connectivity index (χ0v) is 18.3. The molecular weight excluding hydrogens is 514 g/mol. The minimum absolute atomic E-state index is 0.0885. The molecule has 2 amide bonds. The molecule has 1 heterocycles. The Balaban J connectivity index is 1.85. The number of ether oxygens (including phenoxy) is 1. The first-order chi connectivity index (χ1) is 14.2. The summed E-state index contributed by atoms with van der Waals surface area (Å²) < 4.78 is 48.6. The smallest absolute Gasteiger partial charge is 0.256 e. The van der Waals surface area contributed by atoms with Crippen molar-refractivity contribution in [2.45, 2.75) is 12.5 Å². The Bertz CT molecular complexity index is 997. The second-order valence-electron chi connectivity index (χ2n) is 6.99. The molecule has 2 aromatic rings. The van der Waals surface area contributed by atoms with E-state index in [4.69, 9.17) is 4.74 Å². The highest BCUT2D eigenvalue weighted by Gasteiger charge is 2.46. The van der Waals surface area contributed by atoms with Crippen LogP contribution in [0.15, 0.2) is 30.3 Å². The van der Waals surface area contributed by atoms with Crippen LogP contribution in [-0.2, 0) is 9.53 Å². The molecule has 2 N–H and O–H groups in total. The number of carbonyl (C=O) groups excluding carboxylic acids is 2. The van der Waals surface area contributed by atoms with E-state index in [2.05, 4.69) is 10.6 Å². The number of nitrogens with zero attached hydrogens (tertiary/aromatic N) is 1. The van der Waals surface area contributed by atoms with E-state index in [0.717, 1.165) is 12.1 Å². The van der Waals surface area contributed by atoms with Crippen LogP contribution in [0.1, 0.15) is 17.3 Å². The molecule has 10 heteroatoms. The van der Waals surface area contributed by atoms with Gasteiger partial charge in [-0.25, -0.2) is 13.2 Å². The second kappa shape index (κ2) is 8.80. The Morgan fingerprint density at radius 2 is 1.87 bits per heavy atom. The third kappa shape index (κ3) is 4.53. The van der Waals surface area contributed by atoms with Gasteiger partial charge in [-0.2, -0.15) is 0 Å². The fraction of sp³-hybridized carbons (Fsp3) is 0.300. The first-order valence-corrected chi connectivity index (χ1v) is 10.0. The molecule has 0 spiro atoms. The predicted molar refractivity (Wildman–Crippen MR) is 113 cm³/mol. The van der Waals surface area contributed by atoms with E-state index in [1.54, 1.807) is 6.07 Å². The van der Waals surface area contributed by atoms with Crippen molar-refractivity contribution in [2.75, 3.05) is 32.1 Å². The largest absolute Gasteiger partial charge is 0.373 e. The highest BCUT2D eigenvalue weighted by atomic mass is 127. The Morgan fingerprint density at radius 3 is 2.47 bits per heavy atom. The van der Waals surface area contributed by atoms with Crippen LogP contribution in [-0.4, -0.2) is 49.1 Å². The summed E-state index contributed by atoms with van der Waals surface area (Å²) in [6.45, 7) is 1.88. The van der Waals surface area contributed by atoms with Gasteiger partial charge >= 0.3 is 0 Å². The number of rotatable bonds is 6. The Kier molecular flexibility index (Phi) is 6.56. The van der Waals surface area contributed by atoms with Gasteiger partial charge in [0.25, 0.3) is 5.91 Å². The topological polar surface area (TPSA) is 70.7 Å². The van der Waals surface area contributed by atoms with Gasteiger partial charge in [0, 0.05) is 17.6 Å².